The standard InChI is InChI=1S/C11H12ClNO4/c12-8-3-4-10(13(14)15)11(6-8)17-9-2-1-5-16-7-9/h3-4,6,9H,1-2,5,7H2. The largest absolute Gasteiger partial charge is 0.481 e. The van der Waals surface area contributed by atoms with E-state index in [1.165, 1.54) is 18.2 Å². The molecule has 1 heterocycles. The SMILES string of the molecule is O=[N+]([O-])c1ccc(Cl)cc1OC1CCCOC1. The Kier molecular flexibility index (Phi) is 3.81. The average molecular weight is 258 g/mol. The number of hydrogen-bond acceptors (Lipinski definition) is 4. The molecule has 0 N–H and O–H groups in total. The molecule has 1 saturated heterocycles. The highest BCUT2D eigenvalue weighted by Gasteiger charge is 2.21. The fourth-order valence-corrected chi connectivity index (χ4v) is 1.88. The summed E-state index contributed by atoms with van der Waals surface area (Å²) in [5.41, 5.74) is -0.0695. The van der Waals surface area contributed by atoms with Crippen LogP contribution in [-0.2, 0) is 4.74 Å². The maximum atomic E-state index is 10.8. The van der Waals surface area contributed by atoms with E-state index in [4.69, 9.17) is 21.1 Å². The average Bonchev–Trinajstić information content (AvgIpc) is 2.30. The van der Waals surface area contributed by atoms with Crippen molar-refractivity contribution in [3.05, 3.63) is 33.3 Å². The van der Waals surface area contributed by atoms with Crippen molar-refractivity contribution in [2.24, 2.45) is 0 Å². The van der Waals surface area contributed by atoms with Crippen molar-refractivity contribution in [3.8, 4) is 5.75 Å². The van der Waals surface area contributed by atoms with E-state index in [2.05, 4.69) is 0 Å². The van der Waals surface area contributed by atoms with E-state index in [1.807, 2.05) is 0 Å². The molecule has 1 aromatic carbocycles. The molecule has 0 spiro atoms. The Hall–Kier alpha value is -1.33. The summed E-state index contributed by atoms with van der Waals surface area (Å²) < 4.78 is 10.8. The van der Waals surface area contributed by atoms with E-state index in [0.717, 1.165) is 19.4 Å². The number of nitrogens with zero attached hydrogens (tertiary/aromatic N) is 1. The van der Waals surface area contributed by atoms with Crippen molar-refractivity contribution in [2.45, 2.75) is 18.9 Å². The number of hydrogen-bond donors (Lipinski definition) is 0. The van der Waals surface area contributed by atoms with Gasteiger partial charge in [0.05, 0.1) is 11.5 Å². The minimum absolute atomic E-state index is 0.0695. The Bertz CT molecular complexity index is 418. The summed E-state index contributed by atoms with van der Waals surface area (Å²) in [5, 5.41) is 11.2. The lowest BCUT2D eigenvalue weighted by Gasteiger charge is -2.23. The number of benzene rings is 1. The third-order valence-electron chi connectivity index (χ3n) is 2.53. The van der Waals surface area contributed by atoms with E-state index in [0.29, 0.717) is 11.6 Å². The summed E-state index contributed by atoms with van der Waals surface area (Å²) in [6, 6.07) is 4.29. The first-order chi connectivity index (χ1) is 8.16. The van der Waals surface area contributed by atoms with Gasteiger partial charge in [0.25, 0.3) is 0 Å². The van der Waals surface area contributed by atoms with Crippen LogP contribution in [0.15, 0.2) is 18.2 Å². The second-order valence-electron chi connectivity index (χ2n) is 3.83. The molecule has 1 unspecified atom stereocenters. The molecule has 1 atom stereocenters. The maximum absolute atomic E-state index is 10.8. The smallest absolute Gasteiger partial charge is 0.311 e. The van der Waals surface area contributed by atoms with Crippen LogP contribution >= 0.6 is 11.6 Å². The zero-order valence-corrected chi connectivity index (χ0v) is 9.85. The molecule has 0 saturated carbocycles. The van der Waals surface area contributed by atoms with Crippen LogP contribution in [-0.4, -0.2) is 24.2 Å². The summed E-state index contributed by atoms with van der Waals surface area (Å²) in [6.07, 6.45) is 1.60. The summed E-state index contributed by atoms with van der Waals surface area (Å²) in [5.74, 6) is 0.206. The highest BCUT2D eigenvalue weighted by Crippen LogP contribution is 2.31. The molecule has 0 radical (unpaired) electrons. The van der Waals surface area contributed by atoms with Gasteiger partial charge in [0, 0.05) is 23.8 Å². The highest BCUT2D eigenvalue weighted by molar-refractivity contribution is 6.30. The van der Waals surface area contributed by atoms with Crippen LogP contribution < -0.4 is 4.74 Å². The van der Waals surface area contributed by atoms with Gasteiger partial charge in [-0.2, -0.15) is 0 Å². The van der Waals surface area contributed by atoms with Crippen molar-refractivity contribution < 1.29 is 14.4 Å². The van der Waals surface area contributed by atoms with Crippen LogP contribution in [0.1, 0.15) is 12.8 Å². The molecule has 1 aliphatic heterocycles. The Labute approximate surface area is 103 Å². The van der Waals surface area contributed by atoms with Crippen LogP contribution in [0.4, 0.5) is 5.69 Å². The molecule has 0 amide bonds. The second-order valence-corrected chi connectivity index (χ2v) is 4.26. The van der Waals surface area contributed by atoms with Crippen molar-refractivity contribution in [2.75, 3.05) is 13.2 Å². The van der Waals surface area contributed by atoms with Crippen molar-refractivity contribution in [1.29, 1.82) is 0 Å². The summed E-state index contributed by atoms with van der Waals surface area (Å²) in [6.45, 7) is 1.18. The van der Waals surface area contributed by atoms with Gasteiger partial charge >= 0.3 is 5.69 Å². The second kappa shape index (κ2) is 5.33. The predicted octanol–water partition coefficient (Wildman–Crippen LogP) is 2.81. The lowest BCUT2D eigenvalue weighted by Crippen LogP contribution is -2.28. The number of halogens is 1. The monoisotopic (exact) mass is 257 g/mol. The number of ether oxygens (including phenoxy) is 2. The molecule has 1 aliphatic rings. The lowest BCUT2D eigenvalue weighted by atomic mass is 10.2. The zero-order chi connectivity index (χ0) is 12.3. The van der Waals surface area contributed by atoms with Crippen molar-refractivity contribution >= 4 is 17.3 Å². The van der Waals surface area contributed by atoms with Gasteiger partial charge in [-0.3, -0.25) is 10.1 Å². The van der Waals surface area contributed by atoms with Gasteiger partial charge in [-0.05, 0) is 18.9 Å². The summed E-state index contributed by atoms with van der Waals surface area (Å²) >= 11 is 5.81. The van der Waals surface area contributed by atoms with E-state index >= 15 is 0 Å². The zero-order valence-electron chi connectivity index (χ0n) is 9.10. The topological polar surface area (TPSA) is 61.6 Å². The quantitative estimate of drug-likeness (QED) is 0.617. The molecule has 0 aromatic heterocycles. The van der Waals surface area contributed by atoms with Gasteiger partial charge in [-0.15, -0.1) is 0 Å². The summed E-state index contributed by atoms with van der Waals surface area (Å²) in [7, 11) is 0. The third kappa shape index (κ3) is 3.08. The number of nitro groups is 1. The molecule has 17 heavy (non-hydrogen) atoms. The van der Waals surface area contributed by atoms with E-state index in [1.54, 1.807) is 0 Å². The maximum Gasteiger partial charge on any atom is 0.311 e. The van der Waals surface area contributed by atoms with E-state index in [-0.39, 0.29) is 17.5 Å². The molecule has 6 heteroatoms. The summed E-state index contributed by atoms with van der Waals surface area (Å²) in [4.78, 5) is 10.3. The number of rotatable bonds is 3. The Morgan fingerprint density at radius 1 is 1.53 bits per heavy atom. The molecule has 0 bridgehead atoms. The van der Waals surface area contributed by atoms with Gasteiger partial charge in [0.15, 0.2) is 5.75 Å². The first kappa shape index (κ1) is 12.1. The first-order valence-electron chi connectivity index (χ1n) is 5.35. The lowest BCUT2D eigenvalue weighted by molar-refractivity contribution is -0.386. The van der Waals surface area contributed by atoms with Crippen LogP contribution in [0.5, 0.6) is 5.75 Å². The van der Waals surface area contributed by atoms with Crippen LogP contribution in [0.25, 0.3) is 0 Å². The minimum Gasteiger partial charge on any atom is -0.481 e. The van der Waals surface area contributed by atoms with Gasteiger partial charge in [-0.1, -0.05) is 11.6 Å². The normalized spacial score (nSPS) is 19.9. The fraction of sp³-hybridized carbons (Fsp3) is 0.455. The van der Waals surface area contributed by atoms with Crippen LogP contribution in [0.2, 0.25) is 5.02 Å². The predicted molar refractivity (Wildman–Crippen MR) is 62.6 cm³/mol. The van der Waals surface area contributed by atoms with Gasteiger partial charge < -0.3 is 9.47 Å². The fourth-order valence-electron chi connectivity index (χ4n) is 1.72. The molecule has 2 rings (SSSR count). The van der Waals surface area contributed by atoms with Gasteiger partial charge in [0.1, 0.15) is 6.10 Å². The molecular weight excluding hydrogens is 246 g/mol. The van der Waals surface area contributed by atoms with Crippen LogP contribution in [0, 0.1) is 10.1 Å². The van der Waals surface area contributed by atoms with Crippen molar-refractivity contribution in [1.82, 2.24) is 0 Å². The Balaban J connectivity index is 2.17. The van der Waals surface area contributed by atoms with Gasteiger partial charge in [0.2, 0.25) is 0 Å². The minimum atomic E-state index is -0.477. The van der Waals surface area contributed by atoms with Crippen molar-refractivity contribution in [3.63, 3.8) is 0 Å². The first-order valence-corrected chi connectivity index (χ1v) is 5.73. The molecule has 1 aromatic rings. The Morgan fingerprint density at radius 3 is 3.00 bits per heavy atom. The molecule has 5 nitrogen and oxygen atoms in total. The van der Waals surface area contributed by atoms with Crippen LogP contribution in [0.3, 0.4) is 0 Å². The molecular formula is C11H12ClNO4. The van der Waals surface area contributed by atoms with Gasteiger partial charge in [-0.25, -0.2) is 0 Å². The van der Waals surface area contributed by atoms with E-state index < -0.39 is 4.92 Å². The van der Waals surface area contributed by atoms with E-state index in [9.17, 15) is 10.1 Å². The highest BCUT2D eigenvalue weighted by atomic mass is 35.5. The molecule has 0 aliphatic carbocycles. The Morgan fingerprint density at radius 2 is 2.35 bits per heavy atom. The number of nitro benzene ring substituents is 1. The molecule has 92 valence electrons. The molecule has 1 fully saturated rings. The third-order valence-corrected chi connectivity index (χ3v) is 2.77.